The summed E-state index contributed by atoms with van der Waals surface area (Å²) in [5.74, 6) is -0.698. The Morgan fingerprint density at radius 1 is 0.913 bits per heavy atom. The van der Waals surface area contributed by atoms with Gasteiger partial charge in [-0.25, -0.2) is 0 Å². The molecule has 5 aromatic rings. The minimum atomic E-state index is -0.343. The van der Waals surface area contributed by atoms with Gasteiger partial charge in [-0.3, -0.25) is 24.1 Å². The Hall–Kier alpha value is -5.68. The van der Waals surface area contributed by atoms with Gasteiger partial charge in [-0.1, -0.05) is 30.3 Å². The van der Waals surface area contributed by atoms with Gasteiger partial charge in [0.25, 0.3) is 23.6 Å². The van der Waals surface area contributed by atoms with E-state index in [0.29, 0.717) is 64.5 Å². The first kappa shape index (κ1) is 30.4. The lowest BCUT2D eigenvalue weighted by molar-refractivity contribution is 0.0599. The number of benzene rings is 4. The van der Waals surface area contributed by atoms with Crippen LogP contribution in [-0.4, -0.2) is 78.3 Å². The summed E-state index contributed by atoms with van der Waals surface area (Å²) >= 11 is 0. The van der Waals surface area contributed by atoms with Crippen LogP contribution in [-0.2, 0) is 7.05 Å². The molecule has 0 aliphatic carbocycles. The van der Waals surface area contributed by atoms with Gasteiger partial charge in [-0.15, -0.1) is 0 Å². The van der Waals surface area contributed by atoms with Crippen LogP contribution in [0.2, 0.25) is 0 Å². The van der Waals surface area contributed by atoms with Crippen molar-refractivity contribution in [2.45, 2.75) is 0 Å². The van der Waals surface area contributed by atoms with Gasteiger partial charge in [-0.2, -0.15) is 0 Å². The zero-order valence-electron chi connectivity index (χ0n) is 25.8. The van der Waals surface area contributed by atoms with Crippen molar-refractivity contribution in [1.29, 1.82) is 0 Å². The molecule has 234 valence electrons. The number of imide groups is 1. The predicted octanol–water partition coefficient (Wildman–Crippen LogP) is 4.13. The Balaban J connectivity index is 1.07. The molecule has 0 radical (unpaired) electrons. The molecule has 2 heterocycles. The van der Waals surface area contributed by atoms with Gasteiger partial charge in [0.15, 0.2) is 0 Å². The van der Waals surface area contributed by atoms with Crippen molar-refractivity contribution >= 4 is 56.5 Å². The molecule has 1 aliphatic heterocycles. The first-order valence-electron chi connectivity index (χ1n) is 14.8. The quantitative estimate of drug-likeness (QED) is 0.122. The molecule has 6 rings (SSSR count). The van der Waals surface area contributed by atoms with Crippen molar-refractivity contribution in [3.8, 4) is 5.75 Å². The summed E-state index contributed by atoms with van der Waals surface area (Å²) in [6.07, 6.45) is 1.66. The van der Waals surface area contributed by atoms with Gasteiger partial charge in [0.05, 0.1) is 18.4 Å². The number of carbonyl (C=O) groups excluding carboxylic acids is 4. The molecule has 0 saturated carbocycles. The first-order chi connectivity index (χ1) is 22.2. The maximum Gasteiger partial charge on any atom is 0.268 e. The topological polar surface area (TPSA) is 139 Å². The number of hydrogen-bond donors (Lipinski definition) is 3. The lowest BCUT2D eigenvalue weighted by Crippen LogP contribution is -2.45. The van der Waals surface area contributed by atoms with Crippen LogP contribution >= 0.6 is 0 Å². The molecule has 1 aliphatic rings. The van der Waals surface area contributed by atoms with E-state index in [1.165, 1.54) is 4.90 Å². The lowest BCUT2D eigenvalue weighted by Gasteiger charge is -2.30. The fraction of sp³-hybridized carbons (Fsp3) is 0.200. The average molecular weight is 619 g/mol. The molecule has 11 heteroatoms. The molecule has 0 atom stereocenters. The van der Waals surface area contributed by atoms with E-state index in [1.54, 1.807) is 67.4 Å². The zero-order valence-corrected chi connectivity index (χ0v) is 25.8. The van der Waals surface area contributed by atoms with Crippen LogP contribution in [0.4, 0.5) is 11.4 Å². The molecule has 4 aromatic carbocycles. The summed E-state index contributed by atoms with van der Waals surface area (Å²) in [7, 11) is 5.17. The van der Waals surface area contributed by atoms with E-state index in [9.17, 15) is 19.2 Å². The number of anilines is 2. The number of carbonyl (C=O) groups is 4. The Labute approximate surface area is 265 Å². The number of aryl methyl sites for hydroxylation is 1. The highest BCUT2D eigenvalue weighted by molar-refractivity contribution is 6.31. The molecule has 0 bridgehead atoms. The predicted molar refractivity (Wildman–Crippen MR) is 177 cm³/mol. The van der Waals surface area contributed by atoms with E-state index in [1.807, 2.05) is 42.3 Å². The molecule has 11 nitrogen and oxygen atoms in total. The van der Waals surface area contributed by atoms with Gasteiger partial charge in [0.1, 0.15) is 11.4 Å². The number of methoxy groups -OCH3 is 1. The number of fused-ring (bicyclic) bond motifs is 2. The van der Waals surface area contributed by atoms with Crippen LogP contribution < -0.4 is 21.1 Å². The van der Waals surface area contributed by atoms with Gasteiger partial charge < -0.3 is 30.6 Å². The van der Waals surface area contributed by atoms with E-state index in [4.69, 9.17) is 10.5 Å². The number of amides is 4. The summed E-state index contributed by atoms with van der Waals surface area (Å²) in [6, 6.07) is 21.3. The maximum absolute atomic E-state index is 13.9. The minimum Gasteiger partial charge on any atom is -0.496 e. The monoisotopic (exact) mass is 618 g/mol. The Bertz CT molecular complexity index is 2030. The second-order valence-corrected chi connectivity index (χ2v) is 11.3. The van der Waals surface area contributed by atoms with Crippen molar-refractivity contribution in [1.82, 2.24) is 19.7 Å². The van der Waals surface area contributed by atoms with Gasteiger partial charge in [-0.05, 0) is 60.3 Å². The number of nitrogen functional groups attached to an aromatic ring is 1. The lowest BCUT2D eigenvalue weighted by atomic mass is 9.89. The van der Waals surface area contributed by atoms with Crippen LogP contribution in [0.5, 0.6) is 5.75 Å². The number of aromatic nitrogens is 1. The molecule has 4 N–H and O–H groups in total. The van der Waals surface area contributed by atoms with Gasteiger partial charge >= 0.3 is 0 Å². The summed E-state index contributed by atoms with van der Waals surface area (Å²) in [5, 5.41) is 8.72. The third kappa shape index (κ3) is 5.64. The highest BCUT2D eigenvalue weighted by atomic mass is 16.5. The standard InChI is InChI=1S/C35H34N6O5/c1-39(14-13-37-33(43)28-19-24(20-40(28)2)38-32(42)22-8-6-9-23(36)17-22)15-16-41-34(44)26-11-12-29(46-3)27-18-21-7-4-5-10-25(21)31(30(26)27)35(41)45/h4-12,17-20H,13-16,36H2,1-3H3,(H,37,43)(H,38,42). The summed E-state index contributed by atoms with van der Waals surface area (Å²) in [6.45, 7) is 1.42. The number of rotatable bonds is 10. The number of nitrogens with one attached hydrogen (secondary N) is 2. The molecule has 1 aromatic heterocycles. The number of hydrogen-bond acceptors (Lipinski definition) is 7. The average Bonchev–Trinajstić information content (AvgIpc) is 3.41. The van der Waals surface area contributed by atoms with Gasteiger partial charge in [0.2, 0.25) is 0 Å². The number of ether oxygens (including phenoxy) is 1. The maximum atomic E-state index is 13.9. The molecule has 46 heavy (non-hydrogen) atoms. The highest BCUT2D eigenvalue weighted by Crippen LogP contribution is 2.39. The van der Waals surface area contributed by atoms with Crippen LogP contribution in [0.3, 0.4) is 0 Å². The van der Waals surface area contributed by atoms with E-state index in [0.717, 1.165) is 16.2 Å². The third-order valence-electron chi connectivity index (χ3n) is 8.27. The molecule has 0 fully saturated rings. The van der Waals surface area contributed by atoms with Crippen LogP contribution in [0, 0.1) is 0 Å². The second kappa shape index (κ2) is 12.4. The van der Waals surface area contributed by atoms with Crippen molar-refractivity contribution < 1.29 is 23.9 Å². The third-order valence-corrected chi connectivity index (χ3v) is 8.27. The largest absolute Gasteiger partial charge is 0.496 e. The molecule has 0 unspecified atom stereocenters. The summed E-state index contributed by atoms with van der Waals surface area (Å²) < 4.78 is 7.20. The fourth-order valence-corrected chi connectivity index (χ4v) is 5.88. The Morgan fingerprint density at radius 3 is 2.50 bits per heavy atom. The Morgan fingerprint density at radius 2 is 1.72 bits per heavy atom. The van der Waals surface area contributed by atoms with E-state index >= 15 is 0 Å². The van der Waals surface area contributed by atoms with Crippen LogP contribution in [0.25, 0.3) is 21.5 Å². The van der Waals surface area contributed by atoms with E-state index < -0.39 is 0 Å². The highest BCUT2D eigenvalue weighted by Gasteiger charge is 2.35. The number of nitrogens with zero attached hydrogens (tertiary/aromatic N) is 3. The van der Waals surface area contributed by atoms with E-state index in [-0.39, 0.29) is 30.2 Å². The molecule has 0 spiro atoms. The fourth-order valence-electron chi connectivity index (χ4n) is 5.88. The summed E-state index contributed by atoms with van der Waals surface area (Å²) in [5.41, 5.74) is 8.51. The zero-order chi connectivity index (χ0) is 32.5. The molecular weight excluding hydrogens is 584 g/mol. The number of nitrogens with two attached hydrogens (primary N) is 1. The number of likely N-dealkylation sites (N-methyl/N-ethyl adjacent to an activating group) is 1. The van der Waals surface area contributed by atoms with Crippen molar-refractivity contribution in [2.24, 2.45) is 7.05 Å². The van der Waals surface area contributed by atoms with Crippen molar-refractivity contribution in [2.75, 3.05) is 51.4 Å². The van der Waals surface area contributed by atoms with Crippen molar-refractivity contribution in [3.05, 3.63) is 101 Å². The SMILES string of the molecule is COc1ccc2c3c(c4ccccc4cc13)C(=O)N(CCN(C)CCNC(=O)c1cc(NC(=O)c3cccc(N)c3)cn1C)C2=O. The normalized spacial score (nSPS) is 12.7. The molecule has 4 amide bonds. The van der Waals surface area contributed by atoms with Gasteiger partial charge in [0, 0.05) is 67.0 Å². The first-order valence-corrected chi connectivity index (χ1v) is 14.8. The van der Waals surface area contributed by atoms with Crippen LogP contribution in [0.1, 0.15) is 41.6 Å². The Kier molecular flexibility index (Phi) is 8.16. The smallest absolute Gasteiger partial charge is 0.268 e. The van der Waals surface area contributed by atoms with Crippen molar-refractivity contribution in [3.63, 3.8) is 0 Å². The molecular formula is C35H34N6O5. The van der Waals surface area contributed by atoms with E-state index in [2.05, 4.69) is 10.6 Å². The van der Waals surface area contributed by atoms with Crippen LogP contribution in [0.15, 0.2) is 79.0 Å². The minimum absolute atomic E-state index is 0.187. The molecule has 0 saturated heterocycles. The second-order valence-electron chi connectivity index (χ2n) is 11.3. The summed E-state index contributed by atoms with van der Waals surface area (Å²) in [4.78, 5) is 56.2.